The highest BCUT2D eigenvalue weighted by atomic mass is 19.3. The van der Waals surface area contributed by atoms with Crippen molar-refractivity contribution in [1.29, 1.82) is 0 Å². The van der Waals surface area contributed by atoms with Crippen LogP contribution in [0.1, 0.15) is 26.3 Å². The van der Waals surface area contributed by atoms with Gasteiger partial charge in [-0.3, -0.25) is 4.79 Å². The summed E-state index contributed by atoms with van der Waals surface area (Å²) in [6, 6.07) is 3.32. The number of pyridine rings is 1. The molecule has 4 nitrogen and oxygen atoms in total. The molecule has 0 N–H and O–H groups in total. The second-order valence-corrected chi connectivity index (χ2v) is 5.90. The Bertz CT molecular complexity index is 501. The van der Waals surface area contributed by atoms with Gasteiger partial charge in [-0.05, 0) is 32.4 Å². The molecule has 0 unspecified atom stereocenters. The number of aryl methyl sites for hydroxylation is 1. The normalized spacial score (nSPS) is 23.3. The number of amides is 1. The molecule has 0 aliphatic carbocycles. The fourth-order valence-corrected chi connectivity index (χ4v) is 2.78. The lowest BCUT2D eigenvalue weighted by Crippen LogP contribution is -2.61. The fraction of sp³-hybridized carbons (Fsp3) is 0.600. The Hall–Kier alpha value is -1.72. The van der Waals surface area contributed by atoms with Gasteiger partial charge in [-0.15, -0.1) is 0 Å². The quantitative estimate of drug-likeness (QED) is 0.841. The minimum absolute atomic E-state index is 0.282. The molecule has 2 atom stereocenters. The van der Waals surface area contributed by atoms with Gasteiger partial charge in [0.05, 0.1) is 0 Å². The van der Waals surface area contributed by atoms with E-state index in [0.717, 1.165) is 11.4 Å². The first kappa shape index (κ1) is 15.7. The highest BCUT2D eigenvalue weighted by molar-refractivity contribution is 5.84. The Balaban J connectivity index is 2.15. The van der Waals surface area contributed by atoms with Gasteiger partial charge in [0.1, 0.15) is 5.82 Å². The van der Waals surface area contributed by atoms with Crippen molar-refractivity contribution in [2.75, 3.05) is 18.0 Å². The first-order valence-electron chi connectivity index (χ1n) is 7.08. The third-order valence-electron chi connectivity index (χ3n) is 3.75. The molecule has 0 spiro atoms. The lowest BCUT2D eigenvalue weighted by Gasteiger charge is -2.45. The molecule has 0 radical (unpaired) electrons. The molecule has 6 heteroatoms. The molecule has 1 aromatic heterocycles. The van der Waals surface area contributed by atoms with Crippen LogP contribution < -0.4 is 4.90 Å². The number of carbonyl (C=O) groups excluding carboxylic acids is 1. The molecule has 1 aliphatic rings. The van der Waals surface area contributed by atoms with Crippen LogP contribution in [0.2, 0.25) is 0 Å². The van der Waals surface area contributed by atoms with Gasteiger partial charge in [-0.25, -0.2) is 4.98 Å². The molecule has 0 saturated carbocycles. The summed E-state index contributed by atoms with van der Waals surface area (Å²) in [5.41, 5.74) is 1.07. The van der Waals surface area contributed by atoms with Gasteiger partial charge in [-0.1, -0.05) is 6.07 Å². The van der Waals surface area contributed by atoms with E-state index < -0.39 is 11.8 Å². The number of hydrogen-bond donors (Lipinski definition) is 0. The van der Waals surface area contributed by atoms with Crippen molar-refractivity contribution < 1.29 is 13.6 Å². The monoisotopic (exact) mass is 297 g/mol. The molecule has 1 aromatic rings. The molecule has 1 fully saturated rings. The van der Waals surface area contributed by atoms with Crippen LogP contribution in [0.15, 0.2) is 18.3 Å². The smallest absolute Gasteiger partial charge is 0.322 e. The van der Waals surface area contributed by atoms with Crippen molar-refractivity contribution in [2.45, 2.75) is 45.7 Å². The van der Waals surface area contributed by atoms with Gasteiger partial charge in [0, 0.05) is 38.3 Å². The van der Waals surface area contributed by atoms with Gasteiger partial charge in [0.15, 0.2) is 0 Å². The molecule has 1 amide bonds. The van der Waals surface area contributed by atoms with Gasteiger partial charge < -0.3 is 9.80 Å². The Labute approximate surface area is 123 Å². The predicted molar refractivity (Wildman–Crippen MR) is 77.6 cm³/mol. The molecular weight excluding hydrogens is 276 g/mol. The Morgan fingerprint density at radius 1 is 1.29 bits per heavy atom. The second kappa shape index (κ2) is 5.58. The van der Waals surface area contributed by atoms with Gasteiger partial charge in [-0.2, -0.15) is 8.78 Å². The minimum Gasteiger partial charge on any atom is -0.353 e. The number of aromatic nitrogens is 1. The van der Waals surface area contributed by atoms with Crippen molar-refractivity contribution in [1.82, 2.24) is 9.88 Å². The van der Waals surface area contributed by atoms with E-state index in [2.05, 4.69) is 4.98 Å². The number of anilines is 1. The summed E-state index contributed by atoms with van der Waals surface area (Å²) in [4.78, 5) is 19.6. The summed E-state index contributed by atoms with van der Waals surface area (Å²) < 4.78 is 26.6. The molecule has 1 aliphatic heterocycles. The Morgan fingerprint density at radius 3 is 2.29 bits per heavy atom. The number of rotatable bonds is 2. The SMILES string of the molecule is Cc1ccc(N2C[C@@H](C)N(C(=O)C(C)(F)F)[C@@H](C)C2)nc1. The van der Waals surface area contributed by atoms with E-state index in [1.54, 1.807) is 20.0 Å². The first-order valence-corrected chi connectivity index (χ1v) is 7.08. The maximum Gasteiger partial charge on any atom is 0.322 e. The second-order valence-electron chi connectivity index (χ2n) is 5.90. The van der Waals surface area contributed by atoms with E-state index in [9.17, 15) is 13.6 Å². The summed E-state index contributed by atoms with van der Waals surface area (Å²) in [6.07, 6.45) is 1.78. The third-order valence-corrected chi connectivity index (χ3v) is 3.75. The summed E-state index contributed by atoms with van der Waals surface area (Å²) in [5, 5.41) is 0. The lowest BCUT2D eigenvalue weighted by molar-refractivity contribution is -0.160. The van der Waals surface area contributed by atoms with Crippen LogP contribution in [-0.4, -0.2) is 46.9 Å². The largest absolute Gasteiger partial charge is 0.353 e. The minimum atomic E-state index is -3.33. The highest BCUT2D eigenvalue weighted by Crippen LogP contribution is 2.25. The first-order chi connectivity index (χ1) is 9.70. The molecule has 1 saturated heterocycles. The van der Waals surface area contributed by atoms with Crippen LogP contribution in [0.3, 0.4) is 0 Å². The molecule has 21 heavy (non-hydrogen) atoms. The average molecular weight is 297 g/mol. The van der Waals surface area contributed by atoms with E-state index in [0.29, 0.717) is 20.0 Å². The van der Waals surface area contributed by atoms with Crippen LogP contribution in [-0.2, 0) is 4.79 Å². The van der Waals surface area contributed by atoms with Crippen molar-refractivity contribution >= 4 is 11.7 Å². The average Bonchev–Trinajstić information content (AvgIpc) is 2.37. The summed E-state index contributed by atoms with van der Waals surface area (Å²) >= 11 is 0. The van der Waals surface area contributed by atoms with E-state index >= 15 is 0 Å². The zero-order valence-corrected chi connectivity index (χ0v) is 12.8. The number of carbonyl (C=O) groups is 1. The zero-order chi connectivity index (χ0) is 15.8. The Kier molecular flexibility index (Phi) is 4.16. The number of hydrogen-bond acceptors (Lipinski definition) is 3. The van der Waals surface area contributed by atoms with E-state index in [4.69, 9.17) is 0 Å². The maximum atomic E-state index is 13.3. The van der Waals surface area contributed by atoms with Gasteiger partial charge in [0.2, 0.25) is 0 Å². The van der Waals surface area contributed by atoms with E-state index in [1.807, 2.05) is 24.0 Å². The number of alkyl halides is 2. The van der Waals surface area contributed by atoms with Crippen LogP contribution in [0.4, 0.5) is 14.6 Å². The lowest BCUT2D eigenvalue weighted by atomic mass is 10.1. The highest BCUT2D eigenvalue weighted by Gasteiger charge is 2.43. The molecule has 116 valence electrons. The predicted octanol–water partition coefficient (Wildman–Crippen LogP) is 2.47. The third kappa shape index (κ3) is 3.31. The zero-order valence-electron chi connectivity index (χ0n) is 12.8. The molecule has 2 rings (SSSR count). The molecular formula is C15H21F2N3O. The van der Waals surface area contributed by atoms with Crippen LogP contribution in [0.25, 0.3) is 0 Å². The number of halogens is 2. The molecule has 0 aromatic carbocycles. The Morgan fingerprint density at radius 2 is 1.86 bits per heavy atom. The van der Waals surface area contributed by atoms with Crippen LogP contribution >= 0.6 is 0 Å². The van der Waals surface area contributed by atoms with Gasteiger partial charge in [0.25, 0.3) is 5.91 Å². The van der Waals surface area contributed by atoms with E-state index in [-0.39, 0.29) is 12.1 Å². The fourth-order valence-electron chi connectivity index (χ4n) is 2.78. The molecule has 0 bridgehead atoms. The van der Waals surface area contributed by atoms with Crippen molar-refractivity contribution in [3.63, 3.8) is 0 Å². The standard InChI is InChI=1S/C15H21F2N3O/c1-10-5-6-13(18-7-10)19-8-11(2)20(12(3)9-19)14(21)15(4,16)17/h5-7,11-12H,8-9H2,1-4H3/t11-,12+. The molecule has 2 heterocycles. The maximum absolute atomic E-state index is 13.3. The van der Waals surface area contributed by atoms with Crippen molar-refractivity contribution in [2.24, 2.45) is 0 Å². The van der Waals surface area contributed by atoms with E-state index in [1.165, 1.54) is 4.90 Å². The van der Waals surface area contributed by atoms with Crippen LogP contribution in [0, 0.1) is 6.92 Å². The summed E-state index contributed by atoms with van der Waals surface area (Å²) in [7, 11) is 0. The summed E-state index contributed by atoms with van der Waals surface area (Å²) in [5.74, 6) is -3.61. The van der Waals surface area contributed by atoms with Crippen molar-refractivity contribution in [3.8, 4) is 0 Å². The summed E-state index contributed by atoms with van der Waals surface area (Å²) in [6.45, 7) is 7.20. The number of piperazine rings is 1. The van der Waals surface area contributed by atoms with Gasteiger partial charge >= 0.3 is 5.92 Å². The van der Waals surface area contributed by atoms with Crippen LogP contribution in [0.5, 0.6) is 0 Å². The number of nitrogens with zero attached hydrogens (tertiary/aromatic N) is 3. The van der Waals surface area contributed by atoms with Crippen molar-refractivity contribution in [3.05, 3.63) is 23.9 Å². The topological polar surface area (TPSA) is 36.4 Å².